The van der Waals surface area contributed by atoms with Crippen LogP contribution < -0.4 is 10.9 Å². The monoisotopic (exact) mass is 246 g/mol. The molecule has 0 spiro atoms. The van der Waals surface area contributed by atoms with Crippen LogP contribution in [0.1, 0.15) is 40.0 Å². The van der Waals surface area contributed by atoms with Gasteiger partial charge in [0.15, 0.2) is 0 Å². The van der Waals surface area contributed by atoms with Gasteiger partial charge in [-0.2, -0.15) is 0 Å². The molecule has 2 N–H and O–H groups in total. The summed E-state index contributed by atoms with van der Waals surface area (Å²) in [6, 6.07) is 10.2. The lowest BCUT2D eigenvalue weighted by Crippen LogP contribution is -2.32. The summed E-state index contributed by atoms with van der Waals surface area (Å²) in [7, 11) is 0. The smallest absolute Gasteiger partial charge is 0.0517 e. The first-order valence-electron chi connectivity index (χ1n) is 6.80. The molecule has 0 aliphatic heterocycles. The Hall–Kier alpha value is -1.28. The Kier molecular flexibility index (Phi) is 6.51. The number of anilines is 1. The quantitative estimate of drug-likeness (QED) is 0.445. The molecule has 0 fully saturated rings. The molecule has 0 bridgehead atoms. The van der Waals surface area contributed by atoms with Crippen molar-refractivity contribution in [1.29, 1.82) is 0 Å². The van der Waals surface area contributed by atoms with Crippen LogP contribution in [0.25, 0.3) is 0 Å². The third kappa shape index (κ3) is 5.87. The van der Waals surface area contributed by atoms with E-state index in [1.165, 1.54) is 18.4 Å². The summed E-state index contributed by atoms with van der Waals surface area (Å²) in [6.07, 6.45) is 5.88. The first-order valence-corrected chi connectivity index (χ1v) is 6.80. The number of hydrazine groups is 1. The van der Waals surface area contributed by atoms with E-state index in [0.717, 1.165) is 24.6 Å². The molecule has 18 heavy (non-hydrogen) atoms. The third-order valence-corrected chi connectivity index (χ3v) is 3.16. The van der Waals surface area contributed by atoms with Gasteiger partial charge in [0.2, 0.25) is 0 Å². The van der Waals surface area contributed by atoms with Gasteiger partial charge in [-0.05, 0) is 51.2 Å². The van der Waals surface area contributed by atoms with Gasteiger partial charge in [0.1, 0.15) is 0 Å². The molecule has 0 amide bonds. The lowest BCUT2D eigenvalue weighted by atomic mass is 10.0. The van der Waals surface area contributed by atoms with E-state index in [9.17, 15) is 0 Å². The molecule has 1 aromatic carbocycles. The van der Waals surface area contributed by atoms with Crippen molar-refractivity contribution in [2.75, 3.05) is 11.6 Å². The second-order valence-electron chi connectivity index (χ2n) is 5.28. The highest BCUT2D eigenvalue weighted by molar-refractivity contribution is 5.43. The predicted molar refractivity (Wildman–Crippen MR) is 80.4 cm³/mol. The topological polar surface area (TPSA) is 29.3 Å². The van der Waals surface area contributed by atoms with E-state index in [4.69, 9.17) is 5.84 Å². The molecular weight excluding hydrogens is 220 g/mol. The van der Waals surface area contributed by atoms with Crippen LogP contribution in [0.5, 0.6) is 0 Å². The zero-order chi connectivity index (χ0) is 13.4. The number of para-hydroxylation sites is 1. The van der Waals surface area contributed by atoms with Crippen LogP contribution in [0.15, 0.2) is 42.0 Å². The molecule has 0 aromatic heterocycles. The van der Waals surface area contributed by atoms with Crippen LogP contribution in [0, 0.1) is 5.92 Å². The summed E-state index contributed by atoms with van der Waals surface area (Å²) >= 11 is 0. The molecule has 1 aromatic rings. The molecule has 2 heteroatoms. The molecule has 0 aliphatic carbocycles. The van der Waals surface area contributed by atoms with Crippen molar-refractivity contribution in [1.82, 2.24) is 0 Å². The molecule has 1 atom stereocenters. The van der Waals surface area contributed by atoms with Gasteiger partial charge >= 0.3 is 0 Å². The van der Waals surface area contributed by atoms with E-state index in [-0.39, 0.29) is 0 Å². The molecule has 0 saturated carbocycles. The molecule has 100 valence electrons. The van der Waals surface area contributed by atoms with Gasteiger partial charge in [-0.1, -0.05) is 36.8 Å². The maximum absolute atomic E-state index is 6.04. The van der Waals surface area contributed by atoms with Crippen LogP contribution >= 0.6 is 0 Å². The standard InChI is InChI=1S/C16H26N2/c1-14(2)8-7-9-15(3)12-13-18(17)16-10-5-4-6-11-16/h4-6,8,10-11,15H,7,9,12-13,17H2,1-3H3. The van der Waals surface area contributed by atoms with Gasteiger partial charge in [0.25, 0.3) is 0 Å². The van der Waals surface area contributed by atoms with Crippen molar-refractivity contribution < 1.29 is 0 Å². The minimum absolute atomic E-state index is 0.718. The summed E-state index contributed by atoms with van der Waals surface area (Å²) < 4.78 is 0. The number of hydrogen-bond acceptors (Lipinski definition) is 2. The summed E-state index contributed by atoms with van der Waals surface area (Å²) in [5.74, 6) is 6.76. The van der Waals surface area contributed by atoms with Gasteiger partial charge in [-0.3, -0.25) is 0 Å². The average Bonchev–Trinajstić information content (AvgIpc) is 2.36. The normalized spacial score (nSPS) is 12.0. The summed E-state index contributed by atoms with van der Waals surface area (Å²) in [5.41, 5.74) is 2.50. The Balaban J connectivity index is 2.26. The Bertz CT molecular complexity index is 353. The predicted octanol–water partition coefficient (Wildman–Crippen LogP) is 4.14. The highest BCUT2D eigenvalue weighted by Gasteiger charge is 2.05. The van der Waals surface area contributed by atoms with Crippen LogP contribution in [0.2, 0.25) is 0 Å². The van der Waals surface area contributed by atoms with Crippen molar-refractivity contribution >= 4 is 5.69 Å². The Morgan fingerprint density at radius 3 is 2.50 bits per heavy atom. The number of nitrogens with two attached hydrogens (primary N) is 1. The van der Waals surface area contributed by atoms with E-state index >= 15 is 0 Å². The highest BCUT2D eigenvalue weighted by atomic mass is 15.4. The molecular formula is C16H26N2. The number of hydrogen-bond donors (Lipinski definition) is 1. The lowest BCUT2D eigenvalue weighted by molar-refractivity contribution is 0.494. The van der Waals surface area contributed by atoms with Crippen LogP contribution in [-0.4, -0.2) is 6.54 Å². The Morgan fingerprint density at radius 2 is 1.89 bits per heavy atom. The van der Waals surface area contributed by atoms with Crippen molar-refractivity contribution in [2.24, 2.45) is 11.8 Å². The van der Waals surface area contributed by atoms with E-state index in [1.54, 1.807) is 0 Å². The zero-order valence-corrected chi connectivity index (χ0v) is 11.9. The number of benzene rings is 1. The van der Waals surface area contributed by atoms with Crippen LogP contribution in [0.4, 0.5) is 5.69 Å². The summed E-state index contributed by atoms with van der Waals surface area (Å²) in [6.45, 7) is 7.53. The summed E-state index contributed by atoms with van der Waals surface area (Å²) in [4.78, 5) is 0. The fourth-order valence-corrected chi connectivity index (χ4v) is 1.91. The first kappa shape index (κ1) is 14.8. The van der Waals surface area contributed by atoms with Crippen molar-refractivity contribution in [3.63, 3.8) is 0 Å². The Morgan fingerprint density at radius 1 is 1.22 bits per heavy atom. The molecule has 1 rings (SSSR count). The van der Waals surface area contributed by atoms with Crippen LogP contribution in [-0.2, 0) is 0 Å². The van der Waals surface area contributed by atoms with Crippen molar-refractivity contribution in [3.05, 3.63) is 42.0 Å². The third-order valence-electron chi connectivity index (χ3n) is 3.16. The molecule has 1 unspecified atom stereocenters. The largest absolute Gasteiger partial charge is 0.311 e. The Labute approximate surface area is 111 Å². The lowest BCUT2D eigenvalue weighted by Gasteiger charge is -2.20. The first-order chi connectivity index (χ1) is 8.59. The minimum atomic E-state index is 0.718. The SMILES string of the molecule is CC(C)=CCCC(C)CCN(N)c1ccccc1. The minimum Gasteiger partial charge on any atom is -0.311 e. The van der Waals surface area contributed by atoms with Crippen molar-refractivity contribution in [3.8, 4) is 0 Å². The van der Waals surface area contributed by atoms with Gasteiger partial charge in [-0.15, -0.1) is 0 Å². The number of allylic oxidation sites excluding steroid dienone is 2. The van der Waals surface area contributed by atoms with Gasteiger partial charge < -0.3 is 5.01 Å². The second kappa shape index (κ2) is 7.93. The molecule has 0 radical (unpaired) electrons. The summed E-state index contributed by atoms with van der Waals surface area (Å²) in [5, 5.41) is 1.84. The number of rotatable bonds is 7. The van der Waals surface area contributed by atoms with Gasteiger partial charge in [-0.25, -0.2) is 5.84 Å². The molecule has 2 nitrogen and oxygen atoms in total. The molecule has 0 heterocycles. The maximum Gasteiger partial charge on any atom is 0.0517 e. The maximum atomic E-state index is 6.04. The average molecular weight is 246 g/mol. The van der Waals surface area contributed by atoms with Gasteiger partial charge in [0, 0.05) is 6.54 Å². The van der Waals surface area contributed by atoms with E-state index in [1.807, 2.05) is 35.3 Å². The van der Waals surface area contributed by atoms with E-state index < -0.39 is 0 Å². The second-order valence-corrected chi connectivity index (χ2v) is 5.28. The molecule has 0 aliphatic rings. The fourth-order valence-electron chi connectivity index (χ4n) is 1.91. The van der Waals surface area contributed by atoms with Gasteiger partial charge in [0.05, 0.1) is 5.69 Å². The van der Waals surface area contributed by atoms with Crippen molar-refractivity contribution in [2.45, 2.75) is 40.0 Å². The molecule has 0 saturated heterocycles. The van der Waals surface area contributed by atoms with E-state index in [2.05, 4.69) is 26.8 Å². The fraction of sp³-hybridized carbons (Fsp3) is 0.500. The highest BCUT2D eigenvalue weighted by Crippen LogP contribution is 2.15. The van der Waals surface area contributed by atoms with Crippen LogP contribution in [0.3, 0.4) is 0 Å². The zero-order valence-electron chi connectivity index (χ0n) is 11.9. The number of nitrogens with zero attached hydrogens (tertiary/aromatic N) is 1. The van der Waals surface area contributed by atoms with E-state index in [0.29, 0.717) is 0 Å².